The Hall–Kier alpha value is -2.90. The minimum Gasteiger partial charge on any atom is -0.507 e. The molecule has 1 aromatic heterocycles. The number of amides is 1. The van der Waals surface area contributed by atoms with Gasteiger partial charge in [0.2, 0.25) is 0 Å². The highest BCUT2D eigenvalue weighted by atomic mass is 79.9. The molecule has 2 heterocycles. The van der Waals surface area contributed by atoms with Crippen molar-refractivity contribution in [3.05, 3.63) is 75.4 Å². The molecule has 0 radical (unpaired) electrons. The van der Waals surface area contributed by atoms with E-state index in [4.69, 9.17) is 4.74 Å². The first-order valence-electron chi connectivity index (χ1n) is 9.93. The lowest BCUT2D eigenvalue weighted by Crippen LogP contribution is -2.32. The van der Waals surface area contributed by atoms with Gasteiger partial charge < -0.3 is 19.3 Å². The van der Waals surface area contributed by atoms with E-state index in [1.54, 1.807) is 19.2 Å². The zero-order valence-corrected chi connectivity index (χ0v) is 19.1. The molecule has 1 N–H and O–H groups in total. The quantitative estimate of drug-likeness (QED) is 0.334. The standard InChI is InChI=1S/C24H23BrN2O4/c1-14-12-15(8-9-18(14)25)22(28)20-21(27(10-11-31-3)24(30)23(20)29)17-13-26(2)19-7-5-4-6-16(17)19/h4-9,12-13,21,28H,10-11H2,1-3H3/b22-20+. The Bertz CT molecular complexity index is 1230. The number of aryl methyl sites for hydroxylation is 2. The molecule has 160 valence electrons. The Morgan fingerprint density at radius 3 is 2.65 bits per heavy atom. The van der Waals surface area contributed by atoms with E-state index >= 15 is 0 Å². The Kier molecular flexibility index (Phi) is 5.73. The number of carbonyl (C=O) groups excluding carboxylic acids is 2. The van der Waals surface area contributed by atoms with Crippen LogP contribution in [-0.4, -0.2) is 46.5 Å². The first-order valence-corrected chi connectivity index (χ1v) is 10.7. The summed E-state index contributed by atoms with van der Waals surface area (Å²) in [5, 5.41) is 12.1. The molecule has 1 aliphatic rings. The summed E-state index contributed by atoms with van der Waals surface area (Å²) in [4.78, 5) is 27.6. The molecule has 0 spiro atoms. The van der Waals surface area contributed by atoms with Gasteiger partial charge >= 0.3 is 0 Å². The van der Waals surface area contributed by atoms with E-state index in [1.165, 1.54) is 4.90 Å². The van der Waals surface area contributed by atoms with Crippen molar-refractivity contribution in [3.63, 3.8) is 0 Å². The topological polar surface area (TPSA) is 71.8 Å². The second-order valence-electron chi connectivity index (χ2n) is 7.66. The molecule has 3 aromatic rings. The number of Topliss-reactive ketones (excluding diaryl/α,β-unsaturated/α-hetero) is 1. The number of carbonyl (C=O) groups is 2. The summed E-state index contributed by atoms with van der Waals surface area (Å²) in [6.45, 7) is 2.43. The molecule has 1 aliphatic heterocycles. The number of nitrogens with zero attached hydrogens (tertiary/aromatic N) is 2. The van der Waals surface area contributed by atoms with Crippen LogP contribution in [-0.2, 0) is 21.4 Å². The summed E-state index contributed by atoms with van der Waals surface area (Å²) in [6, 6.07) is 12.5. The number of hydrogen-bond donors (Lipinski definition) is 1. The first-order chi connectivity index (χ1) is 14.8. The largest absolute Gasteiger partial charge is 0.507 e. The summed E-state index contributed by atoms with van der Waals surface area (Å²) in [5.74, 6) is -1.50. The zero-order valence-electron chi connectivity index (χ0n) is 17.6. The third-order valence-electron chi connectivity index (χ3n) is 5.73. The summed E-state index contributed by atoms with van der Waals surface area (Å²) in [7, 11) is 3.47. The molecule has 4 rings (SSSR count). The molecule has 2 aromatic carbocycles. The summed E-state index contributed by atoms with van der Waals surface area (Å²) >= 11 is 3.46. The fourth-order valence-corrected chi connectivity index (χ4v) is 4.41. The number of halogens is 1. The number of aromatic nitrogens is 1. The van der Waals surface area contributed by atoms with Crippen molar-refractivity contribution < 1.29 is 19.4 Å². The maximum Gasteiger partial charge on any atom is 0.295 e. The molecule has 1 fully saturated rings. The molecular formula is C24H23BrN2O4. The Balaban J connectivity index is 1.96. The number of hydrogen-bond acceptors (Lipinski definition) is 4. The summed E-state index contributed by atoms with van der Waals surface area (Å²) in [5.41, 5.74) is 3.28. The molecule has 7 heteroatoms. The predicted octanol–water partition coefficient (Wildman–Crippen LogP) is 4.32. The molecule has 1 unspecified atom stereocenters. The third-order valence-corrected chi connectivity index (χ3v) is 6.62. The number of benzene rings is 2. The molecule has 1 atom stereocenters. The minimum absolute atomic E-state index is 0.0965. The van der Waals surface area contributed by atoms with Gasteiger partial charge in [0.1, 0.15) is 5.76 Å². The third kappa shape index (κ3) is 3.58. The van der Waals surface area contributed by atoms with Crippen LogP contribution < -0.4 is 0 Å². The zero-order chi connectivity index (χ0) is 22.3. The van der Waals surface area contributed by atoms with E-state index in [-0.39, 0.29) is 24.5 Å². The normalized spacial score (nSPS) is 18.3. The fourth-order valence-electron chi connectivity index (χ4n) is 4.16. The van der Waals surface area contributed by atoms with Crippen LogP contribution in [0.25, 0.3) is 16.7 Å². The maximum atomic E-state index is 13.1. The number of aliphatic hydroxyl groups excluding tert-OH is 1. The van der Waals surface area contributed by atoms with Gasteiger partial charge in [0.25, 0.3) is 11.7 Å². The van der Waals surface area contributed by atoms with E-state index in [9.17, 15) is 14.7 Å². The average Bonchev–Trinajstić information content (AvgIpc) is 3.22. The Morgan fingerprint density at radius 2 is 1.94 bits per heavy atom. The van der Waals surface area contributed by atoms with Crippen molar-refractivity contribution in [2.45, 2.75) is 13.0 Å². The molecule has 1 amide bonds. The Labute approximate surface area is 188 Å². The van der Waals surface area contributed by atoms with Crippen molar-refractivity contribution in [1.29, 1.82) is 0 Å². The van der Waals surface area contributed by atoms with Crippen LogP contribution >= 0.6 is 15.9 Å². The molecule has 6 nitrogen and oxygen atoms in total. The number of para-hydroxylation sites is 1. The minimum atomic E-state index is -0.704. The van der Waals surface area contributed by atoms with E-state index in [2.05, 4.69) is 15.9 Å². The van der Waals surface area contributed by atoms with E-state index in [0.717, 1.165) is 26.5 Å². The molecule has 0 aliphatic carbocycles. The number of ether oxygens (including phenoxy) is 1. The second kappa shape index (κ2) is 8.32. The van der Waals surface area contributed by atoms with Crippen molar-refractivity contribution >= 4 is 44.3 Å². The number of likely N-dealkylation sites (tertiary alicyclic amines) is 1. The molecule has 0 bridgehead atoms. The van der Waals surface area contributed by atoms with Crippen LogP contribution in [0.2, 0.25) is 0 Å². The van der Waals surface area contributed by atoms with Gasteiger partial charge in [-0.15, -0.1) is 0 Å². The van der Waals surface area contributed by atoms with Crippen LogP contribution in [0.1, 0.15) is 22.7 Å². The van der Waals surface area contributed by atoms with Crippen LogP contribution in [0.15, 0.2) is 58.7 Å². The molecule has 31 heavy (non-hydrogen) atoms. The van der Waals surface area contributed by atoms with Crippen molar-refractivity contribution in [3.8, 4) is 0 Å². The van der Waals surface area contributed by atoms with Crippen LogP contribution in [0, 0.1) is 6.92 Å². The lowest BCUT2D eigenvalue weighted by molar-refractivity contribution is -0.140. The van der Waals surface area contributed by atoms with Gasteiger partial charge in [-0.3, -0.25) is 9.59 Å². The number of fused-ring (bicyclic) bond motifs is 1. The van der Waals surface area contributed by atoms with Gasteiger partial charge in [-0.05, 0) is 30.7 Å². The summed E-state index contributed by atoms with van der Waals surface area (Å²) in [6.07, 6.45) is 1.92. The number of methoxy groups -OCH3 is 1. The monoisotopic (exact) mass is 482 g/mol. The van der Waals surface area contributed by atoms with E-state index in [0.29, 0.717) is 5.56 Å². The van der Waals surface area contributed by atoms with Gasteiger partial charge in [-0.1, -0.05) is 40.2 Å². The van der Waals surface area contributed by atoms with Crippen LogP contribution in [0.3, 0.4) is 0 Å². The number of ketones is 1. The molecule has 1 saturated heterocycles. The highest BCUT2D eigenvalue weighted by Crippen LogP contribution is 2.42. The van der Waals surface area contributed by atoms with Crippen LogP contribution in [0.4, 0.5) is 0 Å². The predicted molar refractivity (Wildman–Crippen MR) is 123 cm³/mol. The SMILES string of the molecule is COCCN1C(=O)C(=O)/C(=C(/O)c2ccc(Br)c(C)c2)C1c1cn(C)c2ccccc12. The smallest absolute Gasteiger partial charge is 0.295 e. The van der Waals surface area contributed by atoms with Crippen molar-refractivity contribution in [2.75, 3.05) is 20.3 Å². The van der Waals surface area contributed by atoms with Gasteiger partial charge in [-0.25, -0.2) is 0 Å². The maximum absolute atomic E-state index is 13.1. The molecular weight excluding hydrogens is 460 g/mol. The lowest BCUT2D eigenvalue weighted by atomic mass is 9.94. The van der Waals surface area contributed by atoms with Gasteiger partial charge in [-0.2, -0.15) is 0 Å². The lowest BCUT2D eigenvalue weighted by Gasteiger charge is -2.24. The highest BCUT2D eigenvalue weighted by molar-refractivity contribution is 9.10. The number of aliphatic hydroxyl groups is 1. The average molecular weight is 483 g/mol. The van der Waals surface area contributed by atoms with Gasteiger partial charge in [0, 0.05) is 53.4 Å². The summed E-state index contributed by atoms with van der Waals surface area (Å²) < 4.78 is 8.04. The second-order valence-corrected chi connectivity index (χ2v) is 8.52. The van der Waals surface area contributed by atoms with Crippen molar-refractivity contribution in [1.82, 2.24) is 9.47 Å². The van der Waals surface area contributed by atoms with E-state index < -0.39 is 17.7 Å². The number of rotatable bonds is 5. The molecule has 0 saturated carbocycles. The van der Waals surface area contributed by atoms with Crippen LogP contribution in [0.5, 0.6) is 0 Å². The van der Waals surface area contributed by atoms with Gasteiger partial charge in [0.05, 0.1) is 18.2 Å². The fraction of sp³-hybridized carbons (Fsp3) is 0.250. The van der Waals surface area contributed by atoms with E-state index in [1.807, 2.05) is 55.1 Å². The Morgan fingerprint density at radius 1 is 1.19 bits per heavy atom. The first kappa shape index (κ1) is 21.3. The van der Waals surface area contributed by atoms with Crippen molar-refractivity contribution in [2.24, 2.45) is 7.05 Å². The highest BCUT2D eigenvalue weighted by Gasteiger charge is 2.46. The van der Waals surface area contributed by atoms with Gasteiger partial charge in [0.15, 0.2) is 0 Å².